The van der Waals surface area contributed by atoms with Crippen LogP contribution in [0.15, 0.2) is 0 Å². The molecule has 2 atom stereocenters. The molecule has 0 spiro atoms. The number of carboxylic acids is 1. The molecule has 18 heavy (non-hydrogen) atoms. The SMILES string of the molecule is CCC(CNC(=O)N1CCNC(=O)C1C)C(=O)O. The van der Waals surface area contributed by atoms with E-state index < -0.39 is 24.0 Å². The number of nitrogens with one attached hydrogen (secondary N) is 2. The van der Waals surface area contributed by atoms with E-state index in [0.717, 1.165) is 0 Å². The predicted molar refractivity (Wildman–Crippen MR) is 64.0 cm³/mol. The predicted octanol–water partition coefficient (Wildman–Crippen LogP) is -0.373. The molecule has 1 rings (SSSR count). The van der Waals surface area contributed by atoms with E-state index in [-0.39, 0.29) is 12.5 Å². The summed E-state index contributed by atoms with van der Waals surface area (Å²) in [5.41, 5.74) is 0. The smallest absolute Gasteiger partial charge is 0.318 e. The van der Waals surface area contributed by atoms with Crippen molar-refractivity contribution in [3.05, 3.63) is 0 Å². The molecule has 0 aromatic carbocycles. The van der Waals surface area contributed by atoms with Crippen LogP contribution >= 0.6 is 0 Å². The van der Waals surface area contributed by atoms with Crippen molar-refractivity contribution >= 4 is 17.9 Å². The molecule has 0 radical (unpaired) electrons. The number of amides is 3. The fourth-order valence-corrected chi connectivity index (χ4v) is 1.78. The van der Waals surface area contributed by atoms with E-state index in [9.17, 15) is 14.4 Å². The molecule has 7 nitrogen and oxygen atoms in total. The van der Waals surface area contributed by atoms with Gasteiger partial charge >= 0.3 is 12.0 Å². The van der Waals surface area contributed by atoms with Crippen molar-refractivity contribution in [1.29, 1.82) is 0 Å². The summed E-state index contributed by atoms with van der Waals surface area (Å²) in [6.45, 7) is 4.33. The van der Waals surface area contributed by atoms with Crippen LogP contribution in [0.3, 0.4) is 0 Å². The second-order valence-electron chi connectivity index (χ2n) is 4.29. The Morgan fingerprint density at radius 2 is 2.28 bits per heavy atom. The molecule has 3 amide bonds. The molecule has 0 saturated carbocycles. The summed E-state index contributed by atoms with van der Waals surface area (Å²) in [5.74, 6) is -1.72. The number of hydrogen-bond acceptors (Lipinski definition) is 3. The van der Waals surface area contributed by atoms with Crippen LogP contribution in [0.1, 0.15) is 20.3 Å². The van der Waals surface area contributed by atoms with E-state index in [4.69, 9.17) is 5.11 Å². The average Bonchev–Trinajstić information content (AvgIpc) is 2.32. The van der Waals surface area contributed by atoms with Crippen molar-refractivity contribution in [2.75, 3.05) is 19.6 Å². The summed E-state index contributed by atoms with van der Waals surface area (Å²) in [6.07, 6.45) is 0.450. The lowest BCUT2D eigenvalue weighted by Gasteiger charge is -2.33. The summed E-state index contributed by atoms with van der Waals surface area (Å²) in [7, 11) is 0. The number of nitrogens with zero attached hydrogens (tertiary/aromatic N) is 1. The van der Waals surface area contributed by atoms with E-state index in [1.807, 2.05) is 0 Å². The largest absolute Gasteiger partial charge is 0.481 e. The number of piperazine rings is 1. The maximum absolute atomic E-state index is 11.8. The third-order valence-corrected chi connectivity index (χ3v) is 3.10. The quantitative estimate of drug-likeness (QED) is 0.639. The summed E-state index contributed by atoms with van der Waals surface area (Å²) in [4.78, 5) is 35.4. The highest BCUT2D eigenvalue weighted by molar-refractivity contribution is 5.88. The molecule has 1 aliphatic heterocycles. The standard InChI is InChI=1S/C11H19N3O4/c1-3-8(10(16)17)6-13-11(18)14-5-4-12-9(15)7(14)2/h7-8H,3-6H2,1-2H3,(H,12,15)(H,13,18)(H,16,17). The summed E-state index contributed by atoms with van der Waals surface area (Å²) in [5, 5.41) is 14.1. The number of carboxylic acid groups (broad SMARTS) is 1. The van der Waals surface area contributed by atoms with Gasteiger partial charge in [-0.1, -0.05) is 6.92 Å². The molecule has 3 N–H and O–H groups in total. The Morgan fingerprint density at radius 1 is 1.61 bits per heavy atom. The Balaban J connectivity index is 2.49. The topological polar surface area (TPSA) is 98.7 Å². The Labute approximate surface area is 106 Å². The second kappa shape index (κ2) is 6.23. The minimum Gasteiger partial charge on any atom is -0.481 e. The van der Waals surface area contributed by atoms with Crippen LogP contribution in [-0.2, 0) is 9.59 Å². The number of carbonyl (C=O) groups excluding carboxylic acids is 2. The second-order valence-corrected chi connectivity index (χ2v) is 4.29. The fourth-order valence-electron chi connectivity index (χ4n) is 1.78. The van der Waals surface area contributed by atoms with E-state index in [2.05, 4.69) is 10.6 Å². The van der Waals surface area contributed by atoms with Gasteiger partial charge in [-0.15, -0.1) is 0 Å². The van der Waals surface area contributed by atoms with Crippen molar-refractivity contribution in [3.63, 3.8) is 0 Å². The number of hydrogen-bond donors (Lipinski definition) is 3. The minimum absolute atomic E-state index is 0.0789. The summed E-state index contributed by atoms with van der Waals surface area (Å²) < 4.78 is 0. The number of aliphatic carboxylic acids is 1. The zero-order chi connectivity index (χ0) is 13.7. The van der Waals surface area contributed by atoms with Gasteiger partial charge in [0.2, 0.25) is 5.91 Å². The van der Waals surface area contributed by atoms with Crippen molar-refractivity contribution in [1.82, 2.24) is 15.5 Å². The number of rotatable bonds is 4. The minimum atomic E-state index is -0.928. The average molecular weight is 257 g/mol. The lowest BCUT2D eigenvalue weighted by Crippen LogP contribution is -2.58. The van der Waals surface area contributed by atoms with Crippen LogP contribution in [0.25, 0.3) is 0 Å². The Morgan fingerprint density at radius 3 is 2.83 bits per heavy atom. The molecule has 1 saturated heterocycles. The lowest BCUT2D eigenvalue weighted by molar-refractivity contribution is -0.141. The van der Waals surface area contributed by atoms with E-state index >= 15 is 0 Å². The van der Waals surface area contributed by atoms with Crippen LogP contribution in [0.5, 0.6) is 0 Å². The van der Waals surface area contributed by atoms with E-state index in [0.29, 0.717) is 19.5 Å². The van der Waals surface area contributed by atoms with E-state index in [1.165, 1.54) is 4.90 Å². The first-order valence-electron chi connectivity index (χ1n) is 6.02. The van der Waals surface area contributed by atoms with Gasteiger partial charge in [-0.2, -0.15) is 0 Å². The van der Waals surface area contributed by atoms with Gasteiger partial charge in [-0.3, -0.25) is 9.59 Å². The highest BCUT2D eigenvalue weighted by Gasteiger charge is 2.29. The fraction of sp³-hybridized carbons (Fsp3) is 0.727. The zero-order valence-electron chi connectivity index (χ0n) is 10.6. The first-order valence-corrected chi connectivity index (χ1v) is 6.02. The molecule has 102 valence electrons. The lowest BCUT2D eigenvalue weighted by atomic mass is 10.1. The van der Waals surface area contributed by atoms with Gasteiger partial charge in [0.05, 0.1) is 5.92 Å². The molecule has 2 unspecified atom stereocenters. The van der Waals surface area contributed by atoms with Gasteiger partial charge in [0.25, 0.3) is 0 Å². The Kier molecular flexibility index (Phi) is 4.94. The highest BCUT2D eigenvalue weighted by Crippen LogP contribution is 2.05. The maximum atomic E-state index is 11.8. The first kappa shape index (κ1) is 14.3. The molecule has 0 aromatic heterocycles. The third kappa shape index (κ3) is 3.35. The zero-order valence-corrected chi connectivity index (χ0v) is 10.6. The van der Waals surface area contributed by atoms with Crippen molar-refractivity contribution in [3.8, 4) is 0 Å². The monoisotopic (exact) mass is 257 g/mol. The van der Waals surface area contributed by atoms with Crippen molar-refractivity contribution < 1.29 is 19.5 Å². The van der Waals surface area contributed by atoms with Crippen molar-refractivity contribution in [2.45, 2.75) is 26.3 Å². The van der Waals surface area contributed by atoms with Crippen LogP contribution in [0.4, 0.5) is 4.79 Å². The van der Waals surface area contributed by atoms with Crippen molar-refractivity contribution in [2.24, 2.45) is 5.92 Å². The molecule has 0 bridgehead atoms. The molecule has 0 aromatic rings. The third-order valence-electron chi connectivity index (χ3n) is 3.10. The Bertz CT molecular complexity index is 345. The van der Waals surface area contributed by atoms with Crippen LogP contribution in [0.2, 0.25) is 0 Å². The first-order chi connectivity index (χ1) is 8.47. The number of carbonyl (C=O) groups is 3. The van der Waals surface area contributed by atoms with Gasteiger partial charge in [-0.25, -0.2) is 4.79 Å². The molecule has 1 fully saturated rings. The van der Waals surface area contributed by atoms with E-state index in [1.54, 1.807) is 13.8 Å². The highest BCUT2D eigenvalue weighted by atomic mass is 16.4. The van der Waals surface area contributed by atoms with Crippen LogP contribution in [-0.4, -0.2) is 53.6 Å². The summed E-state index contributed by atoms with van der Waals surface area (Å²) in [6, 6.07) is -0.916. The number of urea groups is 1. The van der Waals surface area contributed by atoms with Gasteiger partial charge in [0, 0.05) is 19.6 Å². The molecule has 7 heteroatoms. The molecule has 0 aliphatic carbocycles. The molecular formula is C11H19N3O4. The molecular weight excluding hydrogens is 238 g/mol. The van der Waals surface area contributed by atoms with Gasteiger partial charge in [0.15, 0.2) is 0 Å². The molecule has 1 heterocycles. The van der Waals surface area contributed by atoms with Crippen LogP contribution in [0, 0.1) is 5.92 Å². The maximum Gasteiger partial charge on any atom is 0.318 e. The van der Waals surface area contributed by atoms with Gasteiger partial charge in [-0.05, 0) is 13.3 Å². The summed E-state index contributed by atoms with van der Waals surface area (Å²) >= 11 is 0. The Hall–Kier alpha value is -1.79. The van der Waals surface area contributed by atoms with Gasteiger partial charge in [0.1, 0.15) is 6.04 Å². The normalized spacial score (nSPS) is 21.1. The van der Waals surface area contributed by atoms with Crippen LogP contribution < -0.4 is 10.6 Å². The molecule has 1 aliphatic rings. The van der Waals surface area contributed by atoms with Gasteiger partial charge < -0.3 is 20.6 Å².